The molecule has 0 aliphatic carbocycles. The summed E-state index contributed by atoms with van der Waals surface area (Å²) in [5.41, 5.74) is 0. The van der Waals surface area contributed by atoms with E-state index in [1.807, 2.05) is 0 Å². The zero-order valence-corrected chi connectivity index (χ0v) is 19.1. The van der Waals surface area contributed by atoms with E-state index in [4.69, 9.17) is 0 Å². The summed E-state index contributed by atoms with van der Waals surface area (Å²) < 4.78 is 0.125. The average Bonchev–Trinajstić information content (AvgIpc) is 2.71. The van der Waals surface area contributed by atoms with Crippen molar-refractivity contribution in [3.63, 3.8) is 0 Å². The van der Waals surface area contributed by atoms with Crippen molar-refractivity contribution in [1.82, 2.24) is 0 Å². The van der Waals surface area contributed by atoms with Gasteiger partial charge in [-0.25, -0.2) is 4.79 Å². The molecule has 29 heavy (non-hydrogen) atoms. The number of carbonyl (C=O) groups excluding carboxylic acids is 1. The van der Waals surface area contributed by atoms with Crippen molar-refractivity contribution >= 4 is 5.91 Å². The van der Waals surface area contributed by atoms with E-state index in [2.05, 4.69) is 25.7 Å². The molecule has 2 N–H and O–H groups in total. The quantitative estimate of drug-likeness (QED) is 0.148. The first-order chi connectivity index (χ1) is 14.2. The number of aliphatic hydroxyl groups excluding tert-OH is 2. The summed E-state index contributed by atoms with van der Waals surface area (Å²) in [5.74, 6) is 0.116. The van der Waals surface area contributed by atoms with Crippen molar-refractivity contribution in [1.29, 1.82) is 0 Å². The minimum absolute atomic E-state index is 0.0496. The summed E-state index contributed by atoms with van der Waals surface area (Å²) in [5, 5.41) is 18.6. The molecule has 0 saturated carbocycles. The third-order valence-electron chi connectivity index (χ3n) is 5.72. The van der Waals surface area contributed by atoms with Crippen molar-refractivity contribution in [2.24, 2.45) is 0 Å². The van der Waals surface area contributed by atoms with Crippen molar-refractivity contribution in [3.05, 3.63) is 24.8 Å². The van der Waals surface area contributed by atoms with E-state index in [0.29, 0.717) is 26.1 Å². The maximum absolute atomic E-state index is 12.7. The third-order valence-corrected chi connectivity index (χ3v) is 5.72. The fourth-order valence-corrected chi connectivity index (χ4v) is 3.86. The van der Waals surface area contributed by atoms with Crippen LogP contribution in [0.5, 0.6) is 0 Å². The fraction of sp³-hybridized carbons (Fsp3) is 0.800. The molecule has 0 rings (SSSR count). The van der Waals surface area contributed by atoms with Gasteiger partial charge in [0.05, 0.1) is 19.6 Å². The fourth-order valence-electron chi connectivity index (χ4n) is 3.86. The van der Waals surface area contributed by atoms with Crippen molar-refractivity contribution in [2.45, 2.75) is 96.8 Å². The van der Waals surface area contributed by atoms with Gasteiger partial charge in [0.1, 0.15) is 19.6 Å². The summed E-state index contributed by atoms with van der Waals surface area (Å²) in [4.78, 5) is 12.7. The van der Waals surface area contributed by atoms with Gasteiger partial charge in [0.25, 0.3) is 0 Å². The molecule has 0 fully saturated rings. The molecule has 4 heteroatoms. The maximum atomic E-state index is 12.7. The van der Waals surface area contributed by atoms with Crippen molar-refractivity contribution in [3.8, 4) is 0 Å². The number of nitrogens with zero attached hydrogens (tertiary/aromatic N) is 1. The van der Waals surface area contributed by atoms with E-state index in [1.165, 1.54) is 70.6 Å². The van der Waals surface area contributed by atoms with E-state index < -0.39 is 0 Å². The second-order valence-corrected chi connectivity index (χ2v) is 8.24. The molecular formula is C25H48NO3+. The first kappa shape index (κ1) is 28.0. The average molecular weight is 411 g/mol. The Hall–Kier alpha value is -0.970. The van der Waals surface area contributed by atoms with Crippen LogP contribution in [0, 0.1) is 0 Å². The smallest absolute Gasteiger partial charge is 0.314 e. The molecule has 0 atom stereocenters. The molecule has 0 heterocycles. The molecule has 4 nitrogen and oxygen atoms in total. The lowest BCUT2D eigenvalue weighted by Gasteiger charge is -2.34. The SMILES string of the molecule is C=CC[N+](CCO)(CCO)C(=O)CCCCCCCC=CCCCCCCCC. The summed E-state index contributed by atoms with van der Waals surface area (Å²) in [6, 6.07) is 0. The number of carbonyl (C=O) groups is 1. The highest BCUT2D eigenvalue weighted by atomic mass is 16.3. The van der Waals surface area contributed by atoms with E-state index in [-0.39, 0.29) is 23.6 Å². The summed E-state index contributed by atoms with van der Waals surface area (Å²) in [7, 11) is 0. The molecule has 0 aromatic rings. The molecular weight excluding hydrogens is 362 g/mol. The van der Waals surface area contributed by atoms with Gasteiger partial charge < -0.3 is 10.2 Å². The number of hydrogen-bond donors (Lipinski definition) is 2. The van der Waals surface area contributed by atoms with Gasteiger partial charge >= 0.3 is 5.91 Å². The molecule has 170 valence electrons. The first-order valence-corrected chi connectivity index (χ1v) is 12.0. The number of amides is 1. The molecule has 0 aromatic carbocycles. The number of aliphatic hydroxyl groups is 2. The maximum Gasteiger partial charge on any atom is 0.314 e. The zero-order valence-electron chi connectivity index (χ0n) is 19.1. The van der Waals surface area contributed by atoms with Crippen LogP contribution in [-0.4, -0.2) is 53.5 Å². The summed E-state index contributed by atoms with van der Waals surface area (Å²) >= 11 is 0. The topological polar surface area (TPSA) is 57.5 Å². The Kier molecular flexibility index (Phi) is 19.6. The minimum atomic E-state index is -0.0496. The Morgan fingerprint density at radius 2 is 1.28 bits per heavy atom. The van der Waals surface area contributed by atoms with Gasteiger partial charge in [-0.05, 0) is 38.2 Å². The van der Waals surface area contributed by atoms with Gasteiger partial charge in [-0.3, -0.25) is 4.48 Å². The highest BCUT2D eigenvalue weighted by Crippen LogP contribution is 2.15. The molecule has 0 bridgehead atoms. The van der Waals surface area contributed by atoms with Crippen LogP contribution >= 0.6 is 0 Å². The number of hydrogen-bond acceptors (Lipinski definition) is 3. The van der Waals surface area contributed by atoms with Crippen LogP contribution in [0.25, 0.3) is 0 Å². The second-order valence-electron chi connectivity index (χ2n) is 8.24. The lowest BCUT2D eigenvalue weighted by atomic mass is 10.1. The van der Waals surface area contributed by atoms with Gasteiger partial charge in [0.2, 0.25) is 0 Å². The van der Waals surface area contributed by atoms with Gasteiger partial charge in [-0.2, -0.15) is 0 Å². The molecule has 0 aliphatic heterocycles. The molecule has 0 unspecified atom stereocenters. The molecule has 0 aliphatic rings. The van der Waals surface area contributed by atoms with Crippen LogP contribution in [0.4, 0.5) is 0 Å². The zero-order chi connectivity index (χ0) is 21.6. The lowest BCUT2D eigenvalue weighted by molar-refractivity contribution is -0.850. The number of unbranched alkanes of at least 4 members (excludes halogenated alkanes) is 11. The van der Waals surface area contributed by atoms with E-state index in [9.17, 15) is 15.0 Å². The third kappa shape index (κ3) is 14.6. The van der Waals surface area contributed by atoms with Crippen molar-refractivity contribution < 1.29 is 19.5 Å². The highest BCUT2D eigenvalue weighted by Gasteiger charge is 2.33. The van der Waals surface area contributed by atoms with Gasteiger partial charge in [-0.1, -0.05) is 77.0 Å². The van der Waals surface area contributed by atoms with Crippen molar-refractivity contribution in [2.75, 3.05) is 32.8 Å². The summed E-state index contributed by atoms with van der Waals surface area (Å²) in [6.45, 7) is 7.08. The Morgan fingerprint density at radius 3 is 1.76 bits per heavy atom. The predicted octanol–water partition coefficient (Wildman–Crippen LogP) is 5.54. The van der Waals surface area contributed by atoms with E-state index in [1.54, 1.807) is 6.08 Å². The second kappa shape index (κ2) is 20.3. The van der Waals surface area contributed by atoms with Crippen LogP contribution in [-0.2, 0) is 4.79 Å². The van der Waals surface area contributed by atoms with Crippen LogP contribution in [0.3, 0.4) is 0 Å². The number of quaternary nitrogens is 1. The number of rotatable bonds is 21. The lowest BCUT2D eigenvalue weighted by Crippen LogP contribution is -2.56. The first-order valence-electron chi connectivity index (χ1n) is 12.0. The van der Waals surface area contributed by atoms with E-state index >= 15 is 0 Å². The monoisotopic (exact) mass is 410 g/mol. The van der Waals surface area contributed by atoms with Crippen LogP contribution < -0.4 is 0 Å². The van der Waals surface area contributed by atoms with E-state index in [0.717, 1.165) is 12.8 Å². The minimum Gasteiger partial charge on any atom is -0.390 e. The molecule has 0 saturated heterocycles. The van der Waals surface area contributed by atoms with Crippen LogP contribution in [0.15, 0.2) is 24.8 Å². The molecule has 0 aromatic heterocycles. The standard InChI is InChI=1S/C25H48NO3/c1-3-5-6-7-8-9-10-11-12-13-14-15-16-17-18-19-25(29)26(20-4-2,21-23-27)22-24-28/h4,11-12,27-28H,2-3,5-10,13-24H2,1H3/q+1. The summed E-state index contributed by atoms with van der Waals surface area (Å²) in [6.07, 6.45) is 23.0. The van der Waals surface area contributed by atoms with Crippen LogP contribution in [0.1, 0.15) is 96.8 Å². The van der Waals surface area contributed by atoms with Gasteiger partial charge in [-0.15, -0.1) is 0 Å². The van der Waals surface area contributed by atoms with Gasteiger partial charge in [0.15, 0.2) is 0 Å². The molecule has 0 radical (unpaired) electrons. The number of allylic oxidation sites excluding steroid dienone is 2. The largest absolute Gasteiger partial charge is 0.390 e. The van der Waals surface area contributed by atoms with Gasteiger partial charge in [0, 0.05) is 0 Å². The van der Waals surface area contributed by atoms with Crippen LogP contribution in [0.2, 0.25) is 0 Å². The Bertz CT molecular complexity index is 414. The highest BCUT2D eigenvalue weighted by molar-refractivity contribution is 5.69. The molecule has 0 spiro atoms. The Morgan fingerprint density at radius 1 is 0.793 bits per heavy atom. The Balaban J connectivity index is 3.75. The molecule has 1 amide bonds. The normalized spacial score (nSPS) is 12.0. The Labute approximate surface area is 180 Å². The predicted molar refractivity (Wildman–Crippen MR) is 124 cm³/mol.